The molecule has 106 valence electrons. The van der Waals surface area contributed by atoms with Gasteiger partial charge in [0.25, 0.3) is 0 Å². The van der Waals surface area contributed by atoms with Gasteiger partial charge in [0, 0.05) is 0 Å². The minimum Gasteiger partial charge on any atom is -0.316 e. The fourth-order valence-corrected chi connectivity index (χ4v) is 3.31. The second-order valence-electron chi connectivity index (χ2n) is 6.01. The Morgan fingerprint density at radius 2 is 2.05 bits per heavy atom. The number of rotatable bonds is 5. The van der Waals surface area contributed by atoms with Crippen LogP contribution in [0.1, 0.15) is 51.0 Å². The van der Waals surface area contributed by atoms with Crippen LogP contribution >= 0.6 is 0 Å². The molecule has 1 fully saturated rings. The Morgan fingerprint density at radius 3 is 2.79 bits per heavy atom. The van der Waals surface area contributed by atoms with E-state index in [1.165, 1.54) is 12.8 Å². The molecule has 3 atom stereocenters. The van der Waals surface area contributed by atoms with Gasteiger partial charge in [-0.05, 0) is 61.7 Å². The van der Waals surface area contributed by atoms with Gasteiger partial charge in [-0.15, -0.1) is 0 Å². The molecule has 1 aliphatic carbocycles. The molecule has 2 heteroatoms. The highest BCUT2D eigenvalue weighted by Gasteiger charge is 2.30. The van der Waals surface area contributed by atoms with Gasteiger partial charge in [-0.25, -0.2) is 4.39 Å². The topological polar surface area (TPSA) is 12.0 Å². The second-order valence-corrected chi connectivity index (χ2v) is 6.01. The van der Waals surface area contributed by atoms with Crippen LogP contribution in [0.25, 0.3) is 0 Å². The van der Waals surface area contributed by atoms with Gasteiger partial charge in [0.05, 0.1) is 0 Å². The Morgan fingerprint density at radius 1 is 1.26 bits per heavy atom. The normalized spacial score (nSPS) is 27.4. The molecular weight excluding hydrogens is 237 g/mol. The van der Waals surface area contributed by atoms with Crippen LogP contribution < -0.4 is 5.32 Å². The lowest BCUT2D eigenvalue weighted by atomic mass is 9.71. The van der Waals surface area contributed by atoms with E-state index in [4.69, 9.17) is 0 Å². The van der Waals surface area contributed by atoms with Gasteiger partial charge < -0.3 is 5.32 Å². The molecule has 19 heavy (non-hydrogen) atoms. The largest absolute Gasteiger partial charge is 0.316 e. The first-order valence-electron chi connectivity index (χ1n) is 7.67. The van der Waals surface area contributed by atoms with E-state index in [1.54, 1.807) is 12.1 Å². The number of benzene rings is 1. The maximum atomic E-state index is 14.0. The molecule has 0 aromatic heterocycles. The summed E-state index contributed by atoms with van der Waals surface area (Å²) in [5, 5.41) is 3.52. The van der Waals surface area contributed by atoms with E-state index in [2.05, 4.69) is 19.2 Å². The van der Waals surface area contributed by atoms with E-state index >= 15 is 0 Å². The van der Waals surface area contributed by atoms with Crippen molar-refractivity contribution in [2.75, 3.05) is 13.1 Å². The van der Waals surface area contributed by atoms with Gasteiger partial charge in [0.15, 0.2) is 0 Å². The first-order valence-corrected chi connectivity index (χ1v) is 7.67. The summed E-state index contributed by atoms with van der Waals surface area (Å²) in [7, 11) is 0. The van der Waals surface area contributed by atoms with Crippen molar-refractivity contribution in [1.29, 1.82) is 0 Å². The van der Waals surface area contributed by atoms with E-state index in [9.17, 15) is 4.39 Å². The lowest BCUT2D eigenvalue weighted by Crippen LogP contribution is -2.32. The molecule has 0 amide bonds. The van der Waals surface area contributed by atoms with Gasteiger partial charge in [0.1, 0.15) is 5.82 Å². The predicted molar refractivity (Wildman–Crippen MR) is 78.8 cm³/mol. The van der Waals surface area contributed by atoms with Crippen molar-refractivity contribution >= 4 is 0 Å². The van der Waals surface area contributed by atoms with Crippen LogP contribution in [0.5, 0.6) is 0 Å². The Labute approximate surface area is 116 Å². The summed E-state index contributed by atoms with van der Waals surface area (Å²) in [5.74, 6) is 1.66. The van der Waals surface area contributed by atoms with Crippen molar-refractivity contribution in [2.24, 2.45) is 11.8 Å². The van der Waals surface area contributed by atoms with Crippen LogP contribution in [0.4, 0.5) is 4.39 Å². The molecule has 1 nitrogen and oxygen atoms in total. The number of hydrogen-bond acceptors (Lipinski definition) is 1. The van der Waals surface area contributed by atoms with Gasteiger partial charge in [0.2, 0.25) is 0 Å². The molecule has 1 aromatic rings. The van der Waals surface area contributed by atoms with Gasteiger partial charge in [-0.2, -0.15) is 0 Å². The molecule has 0 heterocycles. The van der Waals surface area contributed by atoms with Gasteiger partial charge in [-0.1, -0.05) is 38.5 Å². The molecule has 0 saturated heterocycles. The average Bonchev–Trinajstić information content (AvgIpc) is 2.41. The third-order valence-electron chi connectivity index (χ3n) is 4.39. The maximum Gasteiger partial charge on any atom is 0.126 e. The highest BCUT2D eigenvalue weighted by Crippen LogP contribution is 2.40. The third kappa shape index (κ3) is 3.79. The first-order chi connectivity index (χ1) is 9.22. The van der Waals surface area contributed by atoms with E-state index in [0.29, 0.717) is 17.8 Å². The standard InChI is InChI=1S/C17H26FN/c1-3-10-19-12-14-9-8-13(2)11-16(14)15-6-4-5-7-17(15)18/h4-7,13-14,16,19H,3,8-12H2,1-2H3. The lowest BCUT2D eigenvalue weighted by molar-refractivity contribution is 0.238. The minimum absolute atomic E-state index is 0.0258. The zero-order chi connectivity index (χ0) is 13.7. The SMILES string of the molecule is CCCNCC1CCC(C)CC1c1ccccc1F. The van der Waals surface area contributed by atoms with Crippen LogP contribution in [-0.4, -0.2) is 13.1 Å². The zero-order valence-electron chi connectivity index (χ0n) is 12.2. The van der Waals surface area contributed by atoms with E-state index in [1.807, 2.05) is 12.1 Å². The molecule has 1 aromatic carbocycles. The molecule has 0 aliphatic heterocycles. The van der Waals surface area contributed by atoms with Crippen LogP contribution in [-0.2, 0) is 0 Å². The minimum atomic E-state index is -0.0258. The molecule has 1 N–H and O–H groups in total. The highest BCUT2D eigenvalue weighted by atomic mass is 19.1. The average molecular weight is 263 g/mol. The van der Waals surface area contributed by atoms with Crippen LogP contribution in [0.3, 0.4) is 0 Å². The summed E-state index contributed by atoms with van der Waals surface area (Å²) in [6, 6.07) is 7.33. The molecule has 2 rings (SSSR count). The van der Waals surface area contributed by atoms with Crippen molar-refractivity contribution in [1.82, 2.24) is 5.32 Å². The Bertz CT molecular complexity index is 391. The second kappa shape index (κ2) is 7.04. The lowest BCUT2D eigenvalue weighted by Gasteiger charge is -2.35. The fourth-order valence-electron chi connectivity index (χ4n) is 3.31. The van der Waals surface area contributed by atoms with Crippen molar-refractivity contribution in [3.8, 4) is 0 Å². The van der Waals surface area contributed by atoms with Gasteiger partial charge >= 0.3 is 0 Å². The summed E-state index contributed by atoms with van der Waals surface area (Å²) in [4.78, 5) is 0. The van der Waals surface area contributed by atoms with Crippen molar-refractivity contribution in [3.63, 3.8) is 0 Å². The molecule has 3 unspecified atom stereocenters. The van der Waals surface area contributed by atoms with Gasteiger partial charge in [-0.3, -0.25) is 0 Å². The molecule has 1 saturated carbocycles. The molecule has 0 spiro atoms. The van der Waals surface area contributed by atoms with E-state index in [0.717, 1.165) is 31.5 Å². The summed E-state index contributed by atoms with van der Waals surface area (Å²) < 4.78 is 14.0. The van der Waals surface area contributed by atoms with Crippen LogP contribution in [0.15, 0.2) is 24.3 Å². The van der Waals surface area contributed by atoms with Crippen molar-refractivity contribution < 1.29 is 4.39 Å². The van der Waals surface area contributed by atoms with Crippen LogP contribution in [0, 0.1) is 17.7 Å². The summed E-state index contributed by atoms with van der Waals surface area (Å²) in [6.07, 6.45) is 4.78. The number of halogens is 1. The monoisotopic (exact) mass is 263 g/mol. The Kier molecular flexibility index (Phi) is 5.38. The zero-order valence-corrected chi connectivity index (χ0v) is 12.2. The smallest absolute Gasteiger partial charge is 0.126 e. The Balaban J connectivity index is 2.10. The summed E-state index contributed by atoms with van der Waals surface area (Å²) >= 11 is 0. The molecule has 1 aliphatic rings. The number of nitrogens with one attached hydrogen (secondary N) is 1. The molecule has 0 bridgehead atoms. The van der Waals surface area contributed by atoms with Crippen molar-refractivity contribution in [2.45, 2.75) is 45.4 Å². The highest BCUT2D eigenvalue weighted by molar-refractivity contribution is 5.23. The molecule has 0 radical (unpaired) electrons. The Hall–Kier alpha value is -0.890. The molecular formula is C17H26FN. The van der Waals surface area contributed by atoms with Crippen molar-refractivity contribution in [3.05, 3.63) is 35.6 Å². The fraction of sp³-hybridized carbons (Fsp3) is 0.647. The van der Waals surface area contributed by atoms with E-state index < -0.39 is 0 Å². The quantitative estimate of drug-likeness (QED) is 0.779. The maximum absolute atomic E-state index is 14.0. The predicted octanol–water partition coefficient (Wildman–Crippen LogP) is 4.35. The summed E-state index contributed by atoms with van der Waals surface area (Å²) in [5.41, 5.74) is 0.928. The first kappa shape index (κ1) is 14.5. The third-order valence-corrected chi connectivity index (χ3v) is 4.39. The number of hydrogen-bond donors (Lipinski definition) is 1. The van der Waals surface area contributed by atoms with E-state index in [-0.39, 0.29) is 5.82 Å². The van der Waals surface area contributed by atoms with Crippen LogP contribution in [0.2, 0.25) is 0 Å². The summed E-state index contributed by atoms with van der Waals surface area (Å²) in [6.45, 7) is 6.57.